The first-order valence-electron chi connectivity index (χ1n) is 14.5. The molecule has 226 valence electrons. The lowest BCUT2D eigenvalue weighted by atomic mass is 10.0. The lowest BCUT2D eigenvalue weighted by Crippen LogP contribution is -2.45. The zero-order chi connectivity index (χ0) is 30.5. The Bertz CT molecular complexity index is 2020. The summed E-state index contributed by atoms with van der Waals surface area (Å²) in [6, 6.07) is 19.4. The minimum Gasteiger partial charge on any atom is -0.370 e. The molecule has 5 aromatic rings. The Morgan fingerprint density at radius 3 is 2.43 bits per heavy atom. The first-order valence-corrected chi connectivity index (χ1v) is 16.3. The van der Waals surface area contributed by atoms with Crippen LogP contribution in [-0.2, 0) is 26.0 Å². The van der Waals surface area contributed by atoms with Gasteiger partial charge in [-0.1, -0.05) is 41.4 Å². The Hall–Kier alpha value is -3.96. The molecule has 2 fully saturated rings. The van der Waals surface area contributed by atoms with E-state index in [0.717, 1.165) is 29.7 Å². The van der Waals surface area contributed by atoms with Crippen molar-refractivity contribution in [2.75, 3.05) is 31.2 Å². The molecule has 9 nitrogen and oxygen atoms in total. The summed E-state index contributed by atoms with van der Waals surface area (Å²) in [6.07, 6.45) is 6.46. The second-order valence-electron chi connectivity index (χ2n) is 11.3. The van der Waals surface area contributed by atoms with Gasteiger partial charge < -0.3 is 18.9 Å². The number of piperidine rings is 1. The molecular formula is C33H31ClN4O5S. The minimum absolute atomic E-state index is 0.159. The van der Waals surface area contributed by atoms with Gasteiger partial charge in [-0.2, -0.15) is 0 Å². The van der Waals surface area contributed by atoms with Crippen LogP contribution in [-0.4, -0.2) is 54.0 Å². The van der Waals surface area contributed by atoms with Crippen LogP contribution in [0.25, 0.3) is 22.2 Å². The molecule has 0 radical (unpaired) electrons. The monoisotopic (exact) mass is 630 g/mol. The van der Waals surface area contributed by atoms with E-state index in [1.165, 1.54) is 10.0 Å². The normalized spacial score (nSPS) is 16.6. The molecule has 44 heavy (non-hydrogen) atoms. The smallest absolute Gasteiger partial charge is 0.269 e. The average molecular weight is 631 g/mol. The number of fused-ring (bicyclic) bond motifs is 1. The van der Waals surface area contributed by atoms with Crippen molar-refractivity contribution in [3.63, 3.8) is 0 Å². The maximum atomic E-state index is 13.9. The Morgan fingerprint density at radius 2 is 1.73 bits per heavy atom. The van der Waals surface area contributed by atoms with E-state index in [4.69, 9.17) is 21.1 Å². The molecule has 2 aliphatic heterocycles. The van der Waals surface area contributed by atoms with Crippen LogP contribution in [0, 0.1) is 6.92 Å². The summed E-state index contributed by atoms with van der Waals surface area (Å²) < 4.78 is 42.4. The highest BCUT2D eigenvalue weighted by Crippen LogP contribution is 2.37. The highest BCUT2D eigenvalue weighted by molar-refractivity contribution is 7.90. The van der Waals surface area contributed by atoms with E-state index in [9.17, 15) is 13.2 Å². The molecule has 11 heteroatoms. The van der Waals surface area contributed by atoms with Gasteiger partial charge in [0.2, 0.25) is 0 Å². The maximum Gasteiger partial charge on any atom is 0.269 e. The molecule has 0 N–H and O–H groups in total. The second-order valence-corrected chi connectivity index (χ2v) is 13.6. The molecule has 2 aliphatic rings. The summed E-state index contributed by atoms with van der Waals surface area (Å²) in [7, 11) is -3.97. The molecular weight excluding hydrogens is 600 g/mol. The Morgan fingerprint density at radius 1 is 0.977 bits per heavy atom. The molecule has 0 aliphatic carbocycles. The topological polar surface area (TPSA) is 95.7 Å². The molecule has 0 unspecified atom stereocenters. The summed E-state index contributed by atoms with van der Waals surface area (Å²) >= 11 is 6.14. The number of anilines is 1. The fraction of sp³-hybridized carbons (Fsp3) is 0.273. The van der Waals surface area contributed by atoms with Gasteiger partial charge in [0.25, 0.3) is 15.6 Å². The molecule has 0 atom stereocenters. The second kappa shape index (κ2) is 11.2. The highest BCUT2D eigenvalue weighted by Gasteiger charge is 2.40. The van der Waals surface area contributed by atoms with Crippen LogP contribution in [0.5, 0.6) is 0 Å². The lowest BCUT2D eigenvalue weighted by Gasteiger charge is -2.38. The number of nitrogens with zero attached hydrogens (tertiary/aromatic N) is 4. The van der Waals surface area contributed by atoms with Gasteiger partial charge in [0, 0.05) is 60.4 Å². The predicted octanol–water partition coefficient (Wildman–Crippen LogP) is 5.46. The van der Waals surface area contributed by atoms with E-state index >= 15 is 0 Å². The minimum atomic E-state index is -3.97. The van der Waals surface area contributed by atoms with E-state index < -0.39 is 15.8 Å². The zero-order valence-corrected chi connectivity index (χ0v) is 25.7. The fourth-order valence-electron chi connectivity index (χ4n) is 6.01. The van der Waals surface area contributed by atoms with Crippen LogP contribution in [0.15, 0.2) is 95.0 Å². The zero-order valence-electron chi connectivity index (χ0n) is 24.1. The quantitative estimate of drug-likeness (QED) is 0.246. The van der Waals surface area contributed by atoms with Crippen molar-refractivity contribution < 1.29 is 17.9 Å². The molecule has 2 aromatic carbocycles. The summed E-state index contributed by atoms with van der Waals surface area (Å²) in [5.41, 5.74) is 4.01. The summed E-state index contributed by atoms with van der Waals surface area (Å²) in [4.78, 5) is 20.3. The third kappa shape index (κ3) is 5.32. The summed E-state index contributed by atoms with van der Waals surface area (Å²) in [6.45, 7) is 4.91. The van der Waals surface area contributed by atoms with Gasteiger partial charge in [-0.25, -0.2) is 17.4 Å². The van der Waals surface area contributed by atoms with E-state index in [2.05, 4.69) is 9.88 Å². The summed E-state index contributed by atoms with van der Waals surface area (Å²) in [5.74, 6) is -0.514. The van der Waals surface area contributed by atoms with Crippen molar-refractivity contribution >= 4 is 38.3 Å². The van der Waals surface area contributed by atoms with Crippen molar-refractivity contribution in [2.45, 2.75) is 37.0 Å². The van der Waals surface area contributed by atoms with Crippen LogP contribution >= 0.6 is 11.6 Å². The number of halogens is 1. The largest absolute Gasteiger partial charge is 0.370 e. The third-order valence-electron chi connectivity index (χ3n) is 8.43. The SMILES string of the molecule is Cc1ccc(S(=O)(=O)n2cc(-c3ccn(Cc4cccc(Cl)c4)c(=O)c3)c3cc(N4CCC5(CC4)OCCO5)cnc32)cc1. The van der Waals surface area contributed by atoms with Crippen molar-refractivity contribution in [3.8, 4) is 11.1 Å². The lowest BCUT2D eigenvalue weighted by molar-refractivity contribution is -0.169. The molecule has 1 spiro atoms. The molecule has 2 saturated heterocycles. The standard InChI is InChI=1S/C33H31ClN4O5S/c1-23-5-7-28(8-6-23)44(40,41)38-22-30(25-9-12-37(31(39)18-25)21-24-3-2-4-26(34)17-24)29-19-27(20-35-32(29)38)36-13-10-33(11-14-36)42-15-16-43-33/h2-9,12,17-20,22H,10-11,13-16,21H2,1H3. The Balaban J connectivity index is 1.30. The molecule has 5 heterocycles. The number of rotatable bonds is 6. The number of aromatic nitrogens is 3. The number of pyridine rings is 2. The van der Waals surface area contributed by atoms with E-state index in [-0.39, 0.29) is 10.5 Å². The van der Waals surface area contributed by atoms with Crippen LogP contribution in [0.1, 0.15) is 24.0 Å². The van der Waals surface area contributed by atoms with Crippen molar-refractivity contribution in [1.82, 2.24) is 13.5 Å². The van der Waals surface area contributed by atoms with Crippen LogP contribution < -0.4 is 10.5 Å². The molecule has 0 bridgehead atoms. The van der Waals surface area contributed by atoms with Gasteiger partial charge in [0.1, 0.15) is 0 Å². The van der Waals surface area contributed by atoms with Gasteiger partial charge >= 0.3 is 0 Å². The van der Waals surface area contributed by atoms with Gasteiger partial charge in [-0.05, 0) is 54.4 Å². The van der Waals surface area contributed by atoms with Gasteiger partial charge in [0.15, 0.2) is 11.4 Å². The fourth-order valence-corrected chi connectivity index (χ4v) is 7.54. The van der Waals surface area contributed by atoms with Crippen LogP contribution in [0.4, 0.5) is 5.69 Å². The average Bonchev–Trinajstić information content (AvgIpc) is 3.64. The van der Waals surface area contributed by atoms with Gasteiger partial charge in [-0.15, -0.1) is 0 Å². The molecule has 7 rings (SSSR count). The predicted molar refractivity (Wildman–Crippen MR) is 170 cm³/mol. The number of aryl methyl sites for hydroxylation is 1. The van der Waals surface area contributed by atoms with Crippen molar-refractivity contribution in [1.29, 1.82) is 0 Å². The molecule has 0 amide bonds. The first kappa shape index (κ1) is 28.8. The van der Waals surface area contributed by atoms with Gasteiger partial charge in [-0.3, -0.25) is 4.79 Å². The molecule has 0 saturated carbocycles. The highest BCUT2D eigenvalue weighted by atomic mass is 35.5. The number of hydrogen-bond acceptors (Lipinski definition) is 7. The molecule has 3 aromatic heterocycles. The number of hydrogen-bond donors (Lipinski definition) is 0. The van der Waals surface area contributed by atoms with Crippen molar-refractivity contribution in [3.05, 3.63) is 112 Å². The van der Waals surface area contributed by atoms with Crippen LogP contribution in [0.2, 0.25) is 5.02 Å². The number of benzene rings is 2. The van der Waals surface area contributed by atoms with Gasteiger partial charge in [0.05, 0.1) is 36.5 Å². The summed E-state index contributed by atoms with van der Waals surface area (Å²) in [5, 5.41) is 1.24. The van der Waals surface area contributed by atoms with Crippen molar-refractivity contribution in [2.24, 2.45) is 0 Å². The van der Waals surface area contributed by atoms with E-state index in [0.29, 0.717) is 60.0 Å². The number of ether oxygens (including phenoxy) is 2. The third-order valence-corrected chi connectivity index (χ3v) is 10.3. The van der Waals surface area contributed by atoms with E-state index in [1.807, 2.05) is 37.3 Å². The Labute approximate surface area is 260 Å². The van der Waals surface area contributed by atoms with Crippen LogP contribution in [0.3, 0.4) is 0 Å². The first-order chi connectivity index (χ1) is 21.2. The maximum absolute atomic E-state index is 13.9. The Kier molecular flexibility index (Phi) is 7.32. The van der Waals surface area contributed by atoms with E-state index in [1.54, 1.807) is 53.5 Å².